The van der Waals surface area contributed by atoms with Crippen LogP contribution in [0.1, 0.15) is 27.6 Å². The van der Waals surface area contributed by atoms with Crippen LogP contribution >= 0.6 is 0 Å². The maximum atomic E-state index is 11.8. The van der Waals surface area contributed by atoms with E-state index in [1.54, 1.807) is 43.6 Å². The second kappa shape index (κ2) is 5.49. The van der Waals surface area contributed by atoms with Gasteiger partial charge in [-0.25, -0.2) is 0 Å². The van der Waals surface area contributed by atoms with E-state index in [4.69, 9.17) is 5.11 Å². The standard InChI is InChI=1S/C12H6N2O2.C2H6O/c15-11-7-3-1-5-13-9(7)10-8(12(11)16)4-2-6-14-10;1-2-3/h1-6H;3H,2H2,1H3. The molecule has 0 spiro atoms. The average Bonchev–Trinajstić information content (AvgIpc) is 2.46. The van der Waals surface area contributed by atoms with Crippen molar-refractivity contribution < 1.29 is 14.7 Å². The molecule has 3 rings (SSSR count). The Bertz CT molecular complexity index is 583. The van der Waals surface area contributed by atoms with Gasteiger partial charge in [0, 0.05) is 19.0 Å². The predicted molar refractivity (Wildman–Crippen MR) is 68.9 cm³/mol. The molecule has 5 heteroatoms. The van der Waals surface area contributed by atoms with Gasteiger partial charge in [-0.2, -0.15) is 0 Å². The van der Waals surface area contributed by atoms with E-state index < -0.39 is 11.6 Å². The summed E-state index contributed by atoms with van der Waals surface area (Å²) < 4.78 is 0. The minimum Gasteiger partial charge on any atom is -0.397 e. The number of aliphatic hydroxyl groups is 1. The van der Waals surface area contributed by atoms with Crippen molar-refractivity contribution in [1.29, 1.82) is 0 Å². The van der Waals surface area contributed by atoms with Gasteiger partial charge < -0.3 is 5.11 Å². The largest absolute Gasteiger partial charge is 0.397 e. The SMILES string of the molecule is CCO.O=C1C(=O)c2cccnc2-c2ncccc21. The van der Waals surface area contributed by atoms with E-state index >= 15 is 0 Å². The van der Waals surface area contributed by atoms with Crippen LogP contribution in [0.15, 0.2) is 36.7 Å². The summed E-state index contributed by atoms with van der Waals surface area (Å²) in [6, 6.07) is 6.47. The number of carbonyl (C=O) groups is 2. The Hall–Kier alpha value is -2.40. The summed E-state index contributed by atoms with van der Waals surface area (Å²) in [7, 11) is 0. The number of aromatic nitrogens is 2. The van der Waals surface area contributed by atoms with Crippen molar-refractivity contribution in [2.45, 2.75) is 6.92 Å². The molecule has 19 heavy (non-hydrogen) atoms. The van der Waals surface area contributed by atoms with Crippen LogP contribution in [0.3, 0.4) is 0 Å². The van der Waals surface area contributed by atoms with Crippen molar-refractivity contribution in [1.82, 2.24) is 9.97 Å². The molecule has 2 aromatic rings. The first kappa shape index (κ1) is 13.0. The Morgan fingerprint density at radius 2 is 1.32 bits per heavy atom. The lowest BCUT2D eigenvalue weighted by Crippen LogP contribution is -2.22. The number of nitrogens with zero attached hydrogens (tertiary/aromatic N) is 2. The number of pyridine rings is 2. The molecule has 1 aliphatic carbocycles. The van der Waals surface area contributed by atoms with E-state index in [1.165, 1.54) is 0 Å². The molecule has 0 unspecified atom stereocenters. The van der Waals surface area contributed by atoms with Crippen molar-refractivity contribution >= 4 is 11.6 Å². The van der Waals surface area contributed by atoms with E-state index in [2.05, 4.69) is 9.97 Å². The second-order valence-electron chi connectivity index (χ2n) is 3.77. The maximum Gasteiger partial charge on any atom is 0.235 e. The fourth-order valence-electron chi connectivity index (χ4n) is 1.80. The van der Waals surface area contributed by atoms with Gasteiger partial charge >= 0.3 is 0 Å². The van der Waals surface area contributed by atoms with Gasteiger partial charge in [0.25, 0.3) is 0 Å². The molecule has 0 saturated carbocycles. The predicted octanol–water partition coefficient (Wildman–Crippen LogP) is 1.52. The molecule has 1 aliphatic rings. The lowest BCUT2D eigenvalue weighted by molar-refractivity contribution is 0.0814. The highest BCUT2D eigenvalue weighted by Crippen LogP contribution is 2.29. The summed E-state index contributed by atoms with van der Waals surface area (Å²) >= 11 is 0. The van der Waals surface area contributed by atoms with Crippen molar-refractivity contribution in [3.05, 3.63) is 47.8 Å². The third-order valence-corrected chi connectivity index (χ3v) is 2.54. The van der Waals surface area contributed by atoms with Gasteiger partial charge in [-0.3, -0.25) is 19.6 Å². The van der Waals surface area contributed by atoms with Gasteiger partial charge in [0.1, 0.15) is 11.4 Å². The van der Waals surface area contributed by atoms with Gasteiger partial charge in [-0.05, 0) is 31.2 Å². The number of ketones is 2. The van der Waals surface area contributed by atoms with E-state index in [1.807, 2.05) is 0 Å². The quantitative estimate of drug-likeness (QED) is 0.723. The number of hydrogen-bond acceptors (Lipinski definition) is 5. The molecule has 2 heterocycles. The number of aliphatic hydroxyl groups excluding tert-OH is 1. The highest BCUT2D eigenvalue weighted by molar-refractivity contribution is 6.52. The smallest absolute Gasteiger partial charge is 0.235 e. The molecule has 0 amide bonds. The van der Waals surface area contributed by atoms with Crippen molar-refractivity contribution in [3.8, 4) is 11.4 Å². The number of fused-ring (bicyclic) bond motifs is 3. The molecule has 1 N–H and O–H groups in total. The second-order valence-corrected chi connectivity index (χ2v) is 3.77. The first-order valence-corrected chi connectivity index (χ1v) is 5.81. The van der Waals surface area contributed by atoms with E-state index in [0.717, 1.165) is 0 Å². The molecule has 0 radical (unpaired) electrons. The molecule has 0 fully saturated rings. The van der Waals surface area contributed by atoms with Crippen molar-refractivity contribution in [2.24, 2.45) is 0 Å². The first-order valence-electron chi connectivity index (χ1n) is 5.81. The molecule has 96 valence electrons. The highest BCUT2D eigenvalue weighted by atomic mass is 16.2. The van der Waals surface area contributed by atoms with Crippen LogP contribution in [0, 0.1) is 0 Å². The fraction of sp³-hybridized carbons (Fsp3) is 0.143. The molecular weight excluding hydrogens is 244 g/mol. The lowest BCUT2D eigenvalue weighted by Gasteiger charge is -2.14. The molecule has 5 nitrogen and oxygen atoms in total. The lowest BCUT2D eigenvalue weighted by atomic mass is 9.91. The number of hydrogen-bond donors (Lipinski definition) is 1. The van der Waals surface area contributed by atoms with Crippen LogP contribution < -0.4 is 0 Å². The van der Waals surface area contributed by atoms with Crippen LogP contribution in [0.5, 0.6) is 0 Å². The minimum atomic E-state index is -0.511. The Morgan fingerprint density at radius 1 is 0.947 bits per heavy atom. The van der Waals surface area contributed by atoms with Crippen LogP contribution in [0.25, 0.3) is 11.4 Å². The maximum absolute atomic E-state index is 11.8. The summed E-state index contributed by atoms with van der Waals surface area (Å²) in [5, 5.41) is 7.57. The Labute approximate surface area is 110 Å². The summed E-state index contributed by atoms with van der Waals surface area (Å²) in [5.74, 6) is -1.02. The van der Waals surface area contributed by atoms with E-state index in [0.29, 0.717) is 22.5 Å². The molecule has 0 bridgehead atoms. The fourth-order valence-corrected chi connectivity index (χ4v) is 1.80. The molecule has 2 aromatic heterocycles. The summed E-state index contributed by atoms with van der Waals surface area (Å²) in [6.07, 6.45) is 3.17. The van der Waals surface area contributed by atoms with Gasteiger partial charge in [-0.15, -0.1) is 0 Å². The molecule has 0 saturated heterocycles. The van der Waals surface area contributed by atoms with Crippen LogP contribution in [0.2, 0.25) is 0 Å². The van der Waals surface area contributed by atoms with Crippen LogP contribution in [-0.4, -0.2) is 33.2 Å². The van der Waals surface area contributed by atoms with Crippen molar-refractivity contribution in [2.75, 3.05) is 6.61 Å². The van der Waals surface area contributed by atoms with Crippen molar-refractivity contribution in [3.63, 3.8) is 0 Å². The molecule has 0 aromatic carbocycles. The van der Waals surface area contributed by atoms with Crippen LogP contribution in [0.4, 0.5) is 0 Å². The minimum absolute atomic E-state index is 0.250. The summed E-state index contributed by atoms with van der Waals surface area (Å²) in [5.41, 5.74) is 1.64. The monoisotopic (exact) mass is 256 g/mol. The molecule has 0 aliphatic heterocycles. The van der Waals surface area contributed by atoms with Gasteiger partial charge in [0.2, 0.25) is 11.6 Å². The van der Waals surface area contributed by atoms with Gasteiger partial charge in [-0.1, -0.05) is 0 Å². The zero-order chi connectivity index (χ0) is 13.8. The first-order chi connectivity index (χ1) is 9.20. The Balaban J connectivity index is 0.000000408. The van der Waals surface area contributed by atoms with E-state index in [9.17, 15) is 9.59 Å². The highest BCUT2D eigenvalue weighted by Gasteiger charge is 2.31. The third-order valence-electron chi connectivity index (χ3n) is 2.54. The normalized spacial score (nSPS) is 12.1. The number of carbonyl (C=O) groups excluding carboxylic acids is 2. The number of rotatable bonds is 0. The number of Topliss-reactive ketones (excluding diaryl/α,β-unsaturated/α-hetero) is 2. The zero-order valence-electron chi connectivity index (χ0n) is 10.3. The molecule has 0 atom stereocenters. The Morgan fingerprint density at radius 3 is 1.68 bits per heavy atom. The van der Waals surface area contributed by atoms with Crippen LogP contribution in [-0.2, 0) is 0 Å². The summed E-state index contributed by atoms with van der Waals surface area (Å²) in [6.45, 7) is 1.93. The Kier molecular flexibility index (Phi) is 3.77. The average molecular weight is 256 g/mol. The molecular formula is C14H12N2O3. The topological polar surface area (TPSA) is 80.1 Å². The zero-order valence-corrected chi connectivity index (χ0v) is 10.3. The van der Waals surface area contributed by atoms with Gasteiger partial charge in [0.05, 0.1) is 11.1 Å². The van der Waals surface area contributed by atoms with E-state index in [-0.39, 0.29) is 6.61 Å². The van der Waals surface area contributed by atoms with Gasteiger partial charge in [0.15, 0.2) is 0 Å². The summed E-state index contributed by atoms with van der Waals surface area (Å²) in [4.78, 5) is 31.7. The third kappa shape index (κ3) is 2.28.